The van der Waals surface area contributed by atoms with Gasteiger partial charge in [0.15, 0.2) is 10.9 Å². The van der Waals surface area contributed by atoms with E-state index in [1.807, 2.05) is 13.8 Å². The Morgan fingerprint density at radius 3 is 2.28 bits per heavy atom. The summed E-state index contributed by atoms with van der Waals surface area (Å²) < 4.78 is 0. The van der Waals surface area contributed by atoms with Crippen molar-refractivity contribution in [2.45, 2.75) is 40.5 Å². The first-order valence-corrected chi connectivity index (χ1v) is 6.99. The van der Waals surface area contributed by atoms with Gasteiger partial charge in [-0.25, -0.2) is 4.98 Å². The number of Topliss-reactive ketones (excluding diaryl/α,β-unsaturated/α-hetero) is 1. The van der Waals surface area contributed by atoms with Crippen molar-refractivity contribution in [3.05, 3.63) is 10.6 Å². The molecule has 5 heteroatoms. The van der Waals surface area contributed by atoms with Gasteiger partial charge in [-0.2, -0.15) is 0 Å². The van der Waals surface area contributed by atoms with Gasteiger partial charge in [-0.15, -0.1) is 0 Å². The average molecular weight is 268 g/mol. The van der Waals surface area contributed by atoms with Crippen molar-refractivity contribution in [3.8, 4) is 0 Å². The summed E-state index contributed by atoms with van der Waals surface area (Å²) in [5, 5.41) is 0.606. The molecule has 0 radical (unpaired) electrons. The van der Waals surface area contributed by atoms with Crippen LogP contribution in [0.25, 0.3) is 0 Å². The van der Waals surface area contributed by atoms with Crippen LogP contribution >= 0.6 is 11.3 Å². The Balaban J connectivity index is 2.97. The molecule has 1 rings (SSSR count). The van der Waals surface area contributed by atoms with Gasteiger partial charge < -0.3 is 0 Å². The van der Waals surface area contributed by atoms with Crippen molar-refractivity contribution in [2.24, 2.45) is 5.92 Å². The first kappa shape index (κ1) is 14.8. The van der Waals surface area contributed by atoms with Gasteiger partial charge in [-0.05, 0) is 19.8 Å². The Kier molecular flexibility index (Phi) is 5.02. The van der Waals surface area contributed by atoms with E-state index in [-0.39, 0.29) is 17.6 Å². The molecule has 1 aromatic rings. The highest BCUT2D eigenvalue weighted by molar-refractivity contribution is 7.17. The highest BCUT2D eigenvalue weighted by Gasteiger charge is 2.23. The molecule has 1 amide bonds. The number of aromatic nitrogens is 1. The van der Waals surface area contributed by atoms with Gasteiger partial charge in [0.1, 0.15) is 0 Å². The number of ketones is 1. The zero-order valence-corrected chi connectivity index (χ0v) is 12.4. The van der Waals surface area contributed by atoms with Crippen LogP contribution in [0.5, 0.6) is 0 Å². The highest BCUT2D eigenvalue weighted by Crippen LogP contribution is 2.27. The lowest BCUT2D eigenvalue weighted by Gasteiger charge is -2.19. The largest absolute Gasteiger partial charge is 0.294 e. The second-order valence-electron chi connectivity index (χ2n) is 4.38. The zero-order valence-electron chi connectivity index (χ0n) is 11.6. The van der Waals surface area contributed by atoms with Crippen LogP contribution in [0.15, 0.2) is 0 Å². The van der Waals surface area contributed by atoms with E-state index in [1.54, 1.807) is 18.9 Å². The van der Waals surface area contributed by atoms with Gasteiger partial charge in [0.25, 0.3) is 0 Å². The van der Waals surface area contributed by atoms with Gasteiger partial charge in [0.05, 0.1) is 10.6 Å². The Bertz CT molecular complexity index is 450. The quantitative estimate of drug-likeness (QED) is 0.771. The minimum absolute atomic E-state index is 0.000341. The fourth-order valence-electron chi connectivity index (χ4n) is 1.86. The lowest BCUT2D eigenvalue weighted by atomic mass is 10.0. The van der Waals surface area contributed by atoms with E-state index >= 15 is 0 Å². The molecular formula is C13H20N2O2S. The van der Waals surface area contributed by atoms with Crippen LogP contribution < -0.4 is 4.90 Å². The summed E-state index contributed by atoms with van der Waals surface area (Å²) in [5.74, 6) is 0.100. The smallest absolute Gasteiger partial charge is 0.231 e. The van der Waals surface area contributed by atoms with E-state index in [9.17, 15) is 9.59 Å². The third-order valence-electron chi connectivity index (χ3n) is 3.06. The maximum atomic E-state index is 12.2. The minimum atomic E-state index is -0.000341. The minimum Gasteiger partial charge on any atom is -0.294 e. The Labute approximate surface area is 112 Å². The van der Waals surface area contributed by atoms with E-state index in [1.165, 1.54) is 18.3 Å². The molecule has 0 N–H and O–H groups in total. The van der Waals surface area contributed by atoms with Crippen molar-refractivity contribution in [2.75, 3.05) is 11.9 Å². The van der Waals surface area contributed by atoms with Crippen molar-refractivity contribution in [1.29, 1.82) is 0 Å². The molecule has 1 heterocycles. The number of thiazole rings is 1. The molecule has 100 valence electrons. The number of aryl methyl sites for hydroxylation is 1. The van der Waals surface area contributed by atoms with E-state index in [4.69, 9.17) is 0 Å². The van der Waals surface area contributed by atoms with Crippen LogP contribution in [0.1, 0.15) is 49.0 Å². The summed E-state index contributed by atoms with van der Waals surface area (Å²) in [7, 11) is 1.73. The monoisotopic (exact) mass is 268 g/mol. The molecule has 0 aliphatic rings. The molecule has 0 spiro atoms. The molecule has 0 aliphatic carbocycles. The molecule has 0 fully saturated rings. The molecule has 18 heavy (non-hydrogen) atoms. The summed E-state index contributed by atoms with van der Waals surface area (Å²) in [6.07, 6.45) is 1.65. The molecule has 0 aromatic carbocycles. The standard InChI is InChI=1S/C13H20N2O2S/c1-6-10(7-2)12(17)15(5)13-14-8(3)11(18-13)9(4)16/h10H,6-7H2,1-5H3. The maximum Gasteiger partial charge on any atom is 0.231 e. The summed E-state index contributed by atoms with van der Waals surface area (Å²) >= 11 is 1.29. The van der Waals surface area contributed by atoms with Crippen molar-refractivity contribution in [1.82, 2.24) is 4.98 Å². The van der Waals surface area contributed by atoms with E-state index in [2.05, 4.69) is 4.98 Å². The molecule has 0 atom stereocenters. The zero-order chi connectivity index (χ0) is 13.9. The van der Waals surface area contributed by atoms with E-state index in [0.717, 1.165) is 12.8 Å². The number of carbonyl (C=O) groups is 2. The maximum absolute atomic E-state index is 12.2. The topological polar surface area (TPSA) is 50.3 Å². The Morgan fingerprint density at radius 2 is 1.89 bits per heavy atom. The van der Waals surface area contributed by atoms with Gasteiger partial charge in [0.2, 0.25) is 5.91 Å². The summed E-state index contributed by atoms with van der Waals surface area (Å²) in [6, 6.07) is 0. The van der Waals surface area contributed by atoms with Crippen LogP contribution in [0.3, 0.4) is 0 Å². The van der Waals surface area contributed by atoms with Crippen LogP contribution in [0.2, 0.25) is 0 Å². The third kappa shape index (κ3) is 2.96. The van der Waals surface area contributed by atoms with Crippen molar-refractivity contribution < 1.29 is 9.59 Å². The second kappa shape index (κ2) is 6.09. The fraction of sp³-hybridized carbons (Fsp3) is 0.615. The number of carbonyl (C=O) groups excluding carboxylic acids is 2. The summed E-state index contributed by atoms with van der Waals surface area (Å²) in [5.41, 5.74) is 0.701. The van der Waals surface area contributed by atoms with Gasteiger partial charge in [-0.3, -0.25) is 14.5 Å². The molecule has 4 nitrogen and oxygen atoms in total. The molecule has 0 unspecified atom stereocenters. The van der Waals surface area contributed by atoms with Gasteiger partial charge >= 0.3 is 0 Å². The first-order chi connectivity index (χ1) is 8.42. The van der Waals surface area contributed by atoms with E-state index in [0.29, 0.717) is 15.7 Å². The SMILES string of the molecule is CCC(CC)C(=O)N(C)c1nc(C)c(C(C)=O)s1. The van der Waals surface area contributed by atoms with Crippen molar-refractivity contribution in [3.63, 3.8) is 0 Å². The van der Waals surface area contributed by atoms with Crippen LogP contribution in [-0.4, -0.2) is 23.7 Å². The lowest BCUT2D eigenvalue weighted by Crippen LogP contribution is -2.32. The van der Waals surface area contributed by atoms with Gasteiger partial charge in [-0.1, -0.05) is 25.2 Å². The number of hydrogen-bond donors (Lipinski definition) is 0. The molecule has 0 saturated heterocycles. The molecule has 0 aliphatic heterocycles. The summed E-state index contributed by atoms with van der Waals surface area (Å²) in [6.45, 7) is 7.33. The number of amides is 1. The predicted molar refractivity (Wildman–Crippen MR) is 74.3 cm³/mol. The molecule has 1 aromatic heterocycles. The Hall–Kier alpha value is -1.23. The number of anilines is 1. The van der Waals surface area contributed by atoms with E-state index < -0.39 is 0 Å². The van der Waals surface area contributed by atoms with Crippen LogP contribution in [0.4, 0.5) is 5.13 Å². The number of nitrogens with zero attached hydrogens (tertiary/aromatic N) is 2. The van der Waals surface area contributed by atoms with Crippen LogP contribution in [0, 0.1) is 12.8 Å². The predicted octanol–water partition coefficient (Wildman–Crippen LogP) is 3.05. The molecule has 0 saturated carbocycles. The highest BCUT2D eigenvalue weighted by atomic mass is 32.1. The molecular weight excluding hydrogens is 248 g/mol. The fourth-order valence-corrected chi connectivity index (χ4v) is 2.79. The normalized spacial score (nSPS) is 10.8. The van der Waals surface area contributed by atoms with Gasteiger partial charge in [0, 0.05) is 19.9 Å². The lowest BCUT2D eigenvalue weighted by molar-refractivity contribution is -0.122. The van der Waals surface area contributed by atoms with Crippen LogP contribution in [-0.2, 0) is 4.79 Å². The second-order valence-corrected chi connectivity index (χ2v) is 5.36. The summed E-state index contributed by atoms with van der Waals surface area (Å²) in [4.78, 5) is 30.1. The Morgan fingerprint density at radius 1 is 1.33 bits per heavy atom. The van der Waals surface area contributed by atoms with Crippen molar-refractivity contribution >= 4 is 28.2 Å². The third-order valence-corrected chi connectivity index (χ3v) is 4.39. The first-order valence-electron chi connectivity index (χ1n) is 6.18. The average Bonchev–Trinajstić information content (AvgIpc) is 2.71. The molecule has 0 bridgehead atoms. The number of hydrogen-bond acceptors (Lipinski definition) is 4. The number of rotatable bonds is 5.